The van der Waals surface area contributed by atoms with Gasteiger partial charge in [0.25, 0.3) is 0 Å². The molecule has 1 aromatic carbocycles. The second kappa shape index (κ2) is 9.75. The summed E-state index contributed by atoms with van der Waals surface area (Å²) in [6.45, 7) is 5.39. The van der Waals surface area contributed by atoms with Gasteiger partial charge in [-0.1, -0.05) is 18.2 Å². The molecule has 162 valence electrons. The van der Waals surface area contributed by atoms with Crippen LogP contribution in [0, 0.1) is 6.92 Å². The molecule has 30 heavy (non-hydrogen) atoms. The highest BCUT2D eigenvalue weighted by molar-refractivity contribution is 5.78. The molecule has 2 aromatic rings. The maximum atomic E-state index is 12.8. The van der Waals surface area contributed by atoms with Gasteiger partial charge in [0.2, 0.25) is 5.91 Å². The molecule has 7 nitrogen and oxygen atoms in total. The predicted molar refractivity (Wildman–Crippen MR) is 106 cm³/mol. The number of aromatic nitrogens is 2. The number of amides is 1. The zero-order valence-corrected chi connectivity index (χ0v) is 16.6. The zero-order chi connectivity index (χ0) is 21.6. The van der Waals surface area contributed by atoms with Crippen LogP contribution in [0.1, 0.15) is 17.0 Å². The van der Waals surface area contributed by atoms with Crippen molar-refractivity contribution in [1.29, 1.82) is 0 Å². The van der Waals surface area contributed by atoms with E-state index in [1.807, 2.05) is 13.0 Å². The minimum absolute atomic E-state index is 0.113. The van der Waals surface area contributed by atoms with Gasteiger partial charge in [-0.2, -0.15) is 13.2 Å². The van der Waals surface area contributed by atoms with Crippen molar-refractivity contribution in [2.24, 2.45) is 0 Å². The smallest absolute Gasteiger partial charge is 0.378 e. The van der Waals surface area contributed by atoms with Crippen molar-refractivity contribution in [1.82, 2.24) is 15.3 Å². The third-order valence-corrected chi connectivity index (χ3v) is 4.53. The summed E-state index contributed by atoms with van der Waals surface area (Å²) in [6, 6.07) is 6.64. The van der Waals surface area contributed by atoms with Crippen molar-refractivity contribution in [3.8, 4) is 0 Å². The van der Waals surface area contributed by atoms with Crippen molar-refractivity contribution in [2.75, 3.05) is 49.6 Å². The molecule has 0 bridgehead atoms. The van der Waals surface area contributed by atoms with Gasteiger partial charge < -0.3 is 20.3 Å². The summed E-state index contributed by atoms with van der Waals surface area (Å²) >= 11 is 0. The molecule has 3 rings (SSSR count). The normalized spacial score (nSPS) is 14.5. The fraction of sp³-hybridized carbons (Fsp3) is 0.450. The number of alkyl halides is 3. The fourth-order valence-electron chi connectivity index (χ4n) is 3.09. The van der Waals surface area contributed by atoms with E-state index in [1.165, 1.54) is 12.1 Å². The second-order valence-corrected chi connectivity index (χ2v) is 6.91. The Morgan fingerprint density at radius 1 is 1.17 bits per heavy atom. The van der Waals surface area contributed by atoms with Gasteiger partial charge in [0.05, 0.1) is 25.2 Å². The average Bonchev–Trinajstić information content (AvgIpc) is 2.71. The highest BCUT2D eigenvalue weighted by atomic mass is 19.4. The number of hydrogen-bond acceptors (Lipinski definition) is 6. The SMILES string of the molecule is Cc1nc(NCCNC(=O)Cc2cccc(C(F)(F)F)c2)cc(N2CCOCC2)n1. The quantitative estimate of drug-likeness (QED) is 0.666. The summed E-state index contributed by atoms with van der Waals surface area (Å²) in [6.07, 6.45) is -4.54. The Morgan fingerprint density at radius 2 is 1.93 bits per heavy atom. The van der Waals surface area contributed by atoms with Crippen LogP contribution in [0.25, 0.3) is 0 Å². The number of carbonyl (C=O) groups excluding carboxylic acids is 1. The maximum absolute atomic E-state index is 12.8. The molecular weight excluding hydrogens is 399 g/mol. The molecule has 0 atom stereocenters. The molecule has 0 saturated carbocycles. The first-order valence-electron chi connectivity index (χ1n) is 9.66. The first kappa shape index (κ1) is 21.8. The number of rotatable bonds is 7. The maximum Gasteiger partial charge on any atom is 0.416 e. The first-order chi connectivity index (χ1) is 14.3. The number of halogens is 3. The molecule has 0 radical (unpaired) electrons. The molecule has 2 heterocycles. The number of nitrogens with zero attached hydrogens (tertiary/aromatic N) is 3. The van der Waals surface area contributed by atoms with Crippen molar-refractivity contribution in [3.05, 3.63) is 47.3 Å². The third kappa shape index (κ3) is 6.31. The fourth-order valence-corrected chi connectivity index (χ4v) is 3.09. The van der Waals surface area contributed by atoms with E-state index < -0.39 is 11.7 Å². The lowest BCUT2D eigenvalue weighted by Crippen LogP contribution is -2.37. The van der Waals surface area contributed by atoms with Crippen LogP contribution in [0.4, 0.5) is 24.8 Å². The molecule has 1 saturated heterocycles. The molecule has 0 spiro atoms. The van der Waals surface area contributed by atoms with Gasteiger partial charge in [-0.3, -0.25) is 4.79 Å². The van der Waals surface area contributed by atoms with Crippen LogP contribution in [0.2, 0.25) is 0 Å². The summed E-state index contributed by atoms with van der Waals surface area (Å²) in [4.78, 5) is 23.0. The van der Waals surface area contributed by atoms with Crippen LogP contribution in [-0.2, 0) is 22.1 Å². The molecule has 10 heteroatoms. The zero-order valence-electron chi connectivity index (χ0n) is 16.6. The summed E-state index contributed by atoms with van der Waals surface area (Å²) in [5, 5.41) is 5.84. The lowest BCUT2D eigenvalue weighted by Gasteiger charge is -2.28. The Morgan fingerprint density at radius 3 is 2.67 bits per heavy atom. The molecule has 0 aliphatic carbocycles. The number of anilines is 2. The van der Waals surface area contributed by atoms with Crippen LogP contribution in [0.5, 0.6) is 0 Å². The molecule has 1 fully saturated rings. The van der Waals surface area contributed by atoms with Crippen LogP contribution in [0.3, 0.4) is 0 Å². The van der Waals surface area contributed by atoms with Gasteiger partial charge in [-0.15, -0.1) is 0 Å². The monoisotopic (exact) mass is 423 g/mol. The van der Waals surface area contributed by atoms with Gasteiger partial charge in [0.1, 0.15) is 17.5 Å². The third-order valence-electron chi connectivity index (χ3n) is 4.53. The lowest BCUT2D eigenvalue weighted by atomic mass is 10.1. The molecule has 1 aromatic heterocycles. The summed E-state index contributed by atoms with van der Waals surface area (Å²) < 4.78 is 43.6. The van der Waals surface area contributed by atoms with E-state index in [0.29, 0.717) is 43.5 Å². The summed E-state index contributed by atoms with van der Waals surface area (Å²) in [5.41, 5.74) is -0.443. The van der Waals surface area contributed by atoms with Crippen LogP contribution >= 0.6 is 0 Å². The van der Waals surface area contributed by atoms with Gasteiger partial charge in [0.15, 0.2) is 0 Å². The van der Waals surface area contributed by atoms with Crippen molar-refractivity contribution < 1.29 is 22.7 Å². The lowest BCUT2D eigenvalue weighted by molar-refractivity contribution is -0.137. The Balaban J connectivity index is 1.47. The number of carbonyl (C=O) groups is 1. The van der Waals surface area contributed by atoms with E-state index in [4.69, 9.17) is 4.74 Å². The van der Waals surface area contributed by atoms with Crippen molar-refractivity contribution in [2.45, 2.75) is 19.5 Å². The van der Waals surface area contributed by atoms with Gasteiger partial charge in [-0.25, -0.2) is 9.97 Å². The van der Waals surface area contributed by atoms with E-state index in [1.54, 1.807) is 0 Å². The van der Waals surface area contributed by atoms with E-state index in [2.05, 4.69) is 25.5 Å². The molecule has 1 aliphatic heterocycles. The Bertz CT molecular complexity index is 870. The van der Waals surface area contributed by atoms with Crippen LogP contribution in [-0.4, -0.2) is 55.3 Å². The number of hydrogen-bond donors (Lipinski definition) is 2. The van der Waals surface area contributed by atoms with Crippen molar-refractivity contribution >= 4 is 17.5 Å². The molecule has 0 unspecified atom stereocenters. The highest BCUT2D eigenvalue weighted by Gasteiger charge is 2.30. The van der Waals surface area contributed by atoms with Crippen LogP contribution in [0.15, 0.2) is 30.3 Å². The topological polar surface area (TPSA) is 79.4 Å². The largest absolute Gasteiger partial charge is 0.416 e. The minimum Gasteiger partial charge on any atom is -0.378 e. The first-order valence-corrected chi connectivity index (χ1v) is 9.66. The van der Waals surface area contributed by atoms with E-state index in [-0.39, 0.29) is 12.3 Å². The standard InChI is InChI=1S/C20H24F3N5O2/c1-14-26-17(13-18(27-14)28-7-9-30-10-8-28)24-5-6-25-19(29)12-15-3-2-4-16(11-15)20(21,22)23/h2-4,11,13H,5-10,12H2,1H3,(H,25,29)(H,24,26,27). The number of aryl methyl sites for hydroxylation is 1. The van der Waals surface area contributed by atoms with E-state index >= 15 is 0 Å². The second-order valence-electron chi connectivity index (χ2n) is 6.91. The highest BCUT2D eigenvalue weighted by Crippen LogP contribution is 2.29. The van der Waals surface area contributed by atoms with Gasteiger partial charge >= 0.3 is 6.18 Å². The van der Waals surface area contributed by atoms with Crippen molar-refractivity contribution in [3.63, 3.8) is 0 Å². The number of morpholine rings is 1. The minimum atomic E-state index is -4.42. The summed E-state index contributed by atoms with van der Waals surface area (Å²) in [7, 11) is 0. The number of benzene rings is 1. The Labute approximate surface area is 172 Å². The summed E-state index contributed by atoms with van der Waals surface area (Å²) in [5.74, 6) is 1.76. The molecule has 2 N–H and O–H groups in total. The predicted octanol–water partition coefficient (Wildman–Crippen LogP) is 2.41. The average molecular weight is 423 g/mol. The molecule has 1 amide bonds. The Hall–Kier alpha value is -2.88. The number of nitrogens with one attached hydrogen (secondary N) is 2. The van der Waals surface area contributed by atoms with Crippen LogP contribution < -0.4 is 15.5 Å². The Kier molecular flexibility index (Phi) is 7.09. The van der Waals surface area contributed by atoms with Gasteiger partial charge in [-0.05, 0) is 18.6 Å². The van der Waals surface area contributed by atoms with E-state index in [0.717, 1.165) is 31.0 Å². The van der Waals surface area contributed by atoms with Gasteiger partial charge in [0, 0.05) is 32.2 Å². The molecular formula is C20H24F3N5O2. The molecule has 1 aliphatic rings. The number of ether oxygens (including phenoxy) is 1. The van der Waals surface area contributed by atoms with E-state index in [9.17, 15) is 18.0 Å².